The maximum absolute atomic E-state index is 12.9. The summed E-state index contributed by atoms with van der Waals surface area (Å²) < 4.78 is 5.34. The normalized spacial score (nSPS) is 12.3. The average Bonchev–Trinajstić information content (AvgIpc) is 3.52. The van der Waals surface area contributed by atoms with Gasteiger partial charge in [-0.05, 0) is 29.8 Å². The van der Waals surface area contributed by atoms with Gasteiger partial charge in [-0.3, -0.25) is 14.4 Å². The van der Waals surface area contributed by atoms with Gasteiger partial charge < -0.3 is 25.7 Å². The lowest BCUT2D eigenvalue weighted by atomic mass is 10.1. The lowest BCUT2D eigenvalue weighted by Gasteiger charge is -2.18. The Labute approximate surface area is 202 Å². The number of carbonyl (C=O) groups excluding carboxylic acids is 3. The van der Waals surface area contributed by atoms with E-state index in [0.717, 1.165) is 10.4 Å². The fourth-order valence-electron chi connectivity index (χ4n) is 3.59. The highest BCUT2D eigenvalue weighted by atomic mass is 32.1. The van der Waals surface area contributed by atoms with Crippen LogP contribution in [-0.4, -0.2) is 39.3 Å². The van der Waals surface area contributed by atoms with Gasteiger partial charge in [-0.2, -0.15) is 5.26 Å². The summed E-state index contributed by atoms with van der Waals surface area (Å²) >= 11 is 1.30. The molecule has 1 aromatic carbocycles. The van der Waals surface area contributed by atoms with E-state index < -0.39 is 5.91 Å². The van der Waals surface area contributed by atoms with Crippen LogP contribution < -0.4 is 20.7 Å². The monoisotopic (exact) mass is 487 g/mol. The summed E-state index contributed by atoms with van der Waals surface area (Å²) in [6.07, 6.45) is 2.71. The molecular weight excluding hydrogens is 470 g/mol. The summed E-state index contributed by atoms with van der Waals surface area (Å²) in [5.41, 5.74) is 2.33. The lowest BCUT2D eigenvalue weighted by Crippen LogP contribution is -2.26. The number of H-pyrrole nitrogens is 1. The molecule has 11 nitrogen and oxygen atoms in total. The second-order valence-corrected chi connectivity index (χ2v) is 8.73. The van der Waals surface area contributed by atoms with Crippen LogP contribution >= 0.6 is 11.3 Å². The SMILES string of the molecule is N#Cc1ccc(CNC(=O)c2c[nH]c3c(C(=O)NCc4ccc5c(c4)NC(=O)CO5)ncnc23)s1. The van der Waals surface area contributed by atoms with Crippen LogP contribution in [0.5, 0.6) is 5.75 Å². The summed E-state index contributed by atoms with van der Waals surface area (Å²) in [4.78, 5) is 49.7. The van der Waals surface area contributed by atoms with Gasteiger partial charge in [0.25, 0.3) is 17.7 Å². The number of nitrogens with zero attached hydrogens (tertiary/aromatic N) is 3. The summed E-state index contributed by atoms with van der Waals surface area (Å²) in [5.74, 6) is -0.492. The summed E-state index contributed by atoms with van der Waals surface area (Å²) in [6.45, 7) is 0.425. The molecule has 1 aliphatic rings. The second-order valence-electron chi connectivity index (χ2n) is 7.56. The third-order valence-corrected chi connectivity index (χ3v) is 6.24. The van der Waals surface area contributed by atoms with Crippen molar-refractivity contribution in [3.63, 3.8) is 0 Å². The molecule has 0 aliphatic carbocycles. The Bertz CT molecular complexity index is 1520. The van der Waals surface area contributed by atoms with E-state index in [-0.39, 0.29) is 42.8 Å². The van der Waals surface area contributed by atoms with Crippen LogP contribution in [0, 0.1) is 11.3 Å². The Morgan fingerprint density at radius 3 is 2.83 bits per heavy atom. The fraction of sp³-hybridized carbons (Fsp3) is 0.130. The van der Waals surface area contributed by atoms with Gasteiger partial charge in [0.2, 0.25) is 0 Å². The molecule has 0 fully saturated rings. The molecule has 4 N–H and O–H groups in total. The van der Waals surface area contributed by atoms with E-state index in [1.165, 1.54) is 23.9 Å². The number of hydrogen-bond donors (Lipinski definition) is 4. The van der Waals surface area contributed by atoms with Crippen LogP contribution in [-0.2, 0) is 17.9 Å². The molecule has 35 heavy (non-hydrogen) atoms. The van der Waals surface area contributed by atoms with Gasteiger partial charge in [0.05, 0.1) is 23.3 Å². The minimum atomic E-state index is -0.452. The van der Waals surface area contributed by atoms with Gasteiger partial charge in [0, 0.05) is 17.6 Å². The van der Waals surface area contributed by atoms with Gasteiger partial charge in [0.15, 0.2) is 12.3 Å². The number of nitrogens with one attached hydrogen (secondary N) is 4. The lowest BCUT2D eigenvalue weighted by molar-refractivity contribution is -0.118. The molecule has 0 saturated carbocycles. The molecule has 0 unspecified atom stereocenters. The zero-order valence-electron chi connectivity index (χ0n) is 18.0. The van der Waals surface area contributed by atoms with Gasteiger partial charge >= 0.3 is 0 Å². The number of carbonyl (C=O) groups is 3. The zero-order chi connectivity index (χ0) is 24.4. The van der Waals surface area contributed by atoms with E-state index >= 15 is 0 Å². The fourth-order valence-corrected chi connectivity index (χ4v) is 4.33. The van der Waals surface area contributed by atoms with Crippen LogP contribution in [0.15, 0.2) is 42.9 Å². The molecule has 0 saturated heterocycles. The van der Waals surface area contributed by atoms with Crippen molar-refractivity contribution in [2.24, 2.45) is 0 Å². The zero-order valence-corrected chi connectivity index (χ0v) is 18.9. The highest BCUT2D eigenvalue weighted by molar-refractivity contribution is 7.12. The van der Waals surface area contributed by atoms with Crippen molar-refractivity contribution in [3.05, 3.63) is 69.4 Å². The molecule has 0 spiro atoms. The first-order valence-electron chi connectivity index (χ1n) is 10.4. The van der Waals surface area contributed by atoms with Crippen molar-refractivity contribution < 1.29 is 19.1 Å². The summed E-state index contributed by atoms with van der Waals surface area (Å²) in [5, 5.41) is 17.2. The van der Waals surface area contributed by atoms with Crippen LogP contribution in [0.1, 0.15) is 36.2 Å². The first-order valence-corrected chi connectivity index (χ1v) is 11.3. The van der Waals surface area contributed by atoms with E-state index in [0.29, 0.717) is 27.3 Å². The Morgan fingerprint density at radius 1 is 1.14 bits per heavy atom. The van der Waals surface area contributed by atoms with Gasteiger partial charge in [-0.1, -0.05) is 6.07 Å². The highest BCUT2D eigenvalue weighted by Crippen LogP contribution is 2.28. The van der Waals surface area contributed by atoms with E-state index in [4.69, 9.17) is 10.00 Å². The van der Waals surface area contributed by atoms with Crippen molar-refractivity contribution in [1.82, 2.24) is 25.6 Å². The van der Waals surface area contributed by atoms with Gasteiger partial charge in [-0.15, -0.1) is 11.3 Å². The Balaban J connectivity index is 1.28. The molecule has 0 radical (unpaired) electrons. The minimum Gasteiger partial charge on any atom is -0.482 e. The van der Waals surface area contributed by atoms with Crippen LogP contribution in [0.2, 0.25) is 0 Å². The van der Waals surface area contributed by atoms with Crippen molar-refractivity contribution in [3.8, 4) is 11.8 Å². The van der Waals surface area contributed by atoms with E-state index in [1.807, 2.05) is 0 Å². The number of fused-ring (bicyclic) bond motifs is 2. The third-order valence-electron chi connectivity index (χ3n) is 5.25. The molecule has 4 heterocycles. The van der Waals surface area contributed by atoms with Crippen LogP contribution in [0.4, 0.5) is 5.69 Å². The number of rotatable bonds is 6. The molecule has 0 atom stereocenters. The van der Waals surface area contributed by atoms with E-state index in [9.17, 15) is 14.4 Å². The number of aromatic nitrogens is 3. The number of aromatic amines is 1. The van der Waals surface area contributed by atoms with Crippen LogP contribution in [0.25, 0.3) is 11.0 Å². The number of ether oxygens (including phenoxy) is 1. The number of nitriles is 1. The van der Waals surface area contributed by atoms with Crippen LogP contribution in [0.3, 0.4) is 0 Å². The average molecular weight is 488 g/mol. The molecule has 5 rings (SSSR count). The second kappa shape index (κ2) is 9.24. The maximum Gasteiger partial charge on any atom is 0.272 e. The Hall–Kier alpha value is -4.76. The molecule has 12 heteroatoms. The predicted octanol–water partition coefficient (Wildman–Crippen LogP) is 2.08. The van der Waals surface area contributed by atoms with Crippen molar-refractivity contribution in [1.29, 1.82) is 5.26 Å². The number of hydrogen-bond acceptors (Lipinski definition) is 8. The van der Waals surface area contributed by atoms with Crippen molar-refractivity contribution >= 4 is 45.8 Å². The van der Waals surface area contributed by atoms with Gasteiger partial charge in [-0.25, -0.2) is 9.97 Å². The first kappa shape index (κ1) is 22.1. The van der Waals surface area contributed by atoms with Gasteiger partial charge in [0.1, 0.15) is 28.5 Å². The first-order chi connectivity index (χ1) is 17.0. The summed E-state index contributed by atoms with van der Waals surface area (Å²) in [6, 6.07) is 10.8. The smallest absolute Gasteiger partial charge is 0.272 e. The van der Waals surface area contributed by atoms with Crippen molar-refractivity contribution in [2.75, 3.05) is 11.9 Å². The molecule has 3 aromatic heterocycles. The molecule has 0 bridgehead atoms. The molecule has 4 aromatic rings. The Kier molecular flexibility index (Phi) is 5.82. The molecule has 3 amide bonds. The quantitative estimate of drug-likeness (QED) is 0.324. The third kappa shape index (κ3) is 4.53. The number of anilines is 1. The molecule has 174 valence electrons. The topological polar surface area (TPSA) is 162 Å². The maximum atomic E-state index is 12.9. The largest absolute Gasteiger partial charge is 0.482 e. The number of thiophene rings is 1. The predicted molar refractivity (Wildman–Crippen MR) is 126 cm³/mol. The molecular formula is C23H17N7O4S. The number of benzene rings is 1. The van der Waals surface area contributed by atoms with Crippen molar-refractivity contribution in [2.45, 2.75) is 13.1 Å². The van der Waals surface area contributed by atoms with E-state index in [1.54, 1.807) is 30.3 Å². The Morgan fingerprint density at radius 2 is 2.00 bits per heavy atom. The summed E-state index contributed by atoms with van der Waals surface area (Å²) in [7, 11) is 0. The standard InChI is InChI=1S/C23H17N7O4S/c24-6-13-2-3-14(35-13)8-27-22(32)15-9-25-20-19(15)28-11-29-21(20)23(33)26-7-12-1-4-17-16(5-12)30-18(31)10-34-17/h1-5,9,11,25H,7-8,10H2,(H,26,33)(H,27,32)(H,30,31). The number of amides is 3. The highest BCUT2D eigenvalue weighted by Gasteiger charge is 2.20. The van der Waals surface area contributed by atoms with E-state index in [2.05, 4.69) is 37.0 Å². The minimum absolute atomic E-state index is 0.0287. The molecule has 1 aliphatic heterocycles.